The number of hydrogen-bond donors (Lipinski definition) is 1. The van der Waals surface area contributed by atoms with Gasteiger partial charge in [0.1, 0.15) is 6.04 Å². The maximum Gasteiger partial charge on any atom is 0.339 e. The van der Waals surface area contributed by atoms with Crippen LogP contribution in [0.15, 0.2) is 47.4 Å². The second-order valence-corrected chi connectivity index (χ2v) is 10.3. The van der Waals surface area contributed by atoms with Gasteiger partial charge in [-0.1, -0.05) is 18.6 Å². The molecule has 0 spiro atoms. The number of hydrogen-bond acceptors (Lipinski definition) is 6. The molecule has 1 saturated heterocycles. The maximum absolute atomic E-state index is 13.2. The van der Waals surface area contributed by atoms with Crippen molar-refractivity contribution in [2.24, 2.45) is 0 Å². The molecule has 1 N–H and O–H groups in total. The van der Waals surface area contributed by atoms with Gasteiger partial charge in [0.2, 0.25) is 21.8 Å². The van der Waals surface area contributed by atoms with E-state index in [9.17, 15) is 22.8 Å². The number of amides is 2. The minimum absolute atomic E-state index is 0.157. The molecule has 0 radical (unpaired) electrons. The Morgan fingerprint density at radius 3 is 2.41 bits per heavy atom. The summed E-state index contributed by atoms with van der Waals surface area (Å²) in [5, 5.41) is 2.72. The summed E-state index contributed by atoms with van der Waals surface area (Å²) in [5.74, 6) is -1.42. The number of methoxy groups -OCH3 is 1. The number of fused-ring (bicyclic) bond motifs is 1. The number of benzene rings is 2. The van der Waals surface area contributed by atoms with Crippen LogP contribution < -0.4 is 10.2 Å². The van der Waals surface area contributed by atoms with Crippen molar-refractivity contribution in [1.29, 1.82) is 0 Å². The Morgan fingerprint density at radius 1 is 1.03 bits per heavy atom. The average molecular weight is 486 g/mol. The number of esters is 1. The Kier molecular flexibility index (Phi) is 6.72. The molecule has 0 bridgehead atoms. The number of carbonyl (C=O) groups is 3. The summed E-state index contributed by atoms with van der Waals surface area (Å²) in [4.78, 5) is 39.3. The topological polar surface area (TPSA) is 113 Å². The zero-order valence-corrected chi connectivity index (χ0v) is 19.9. The Morgan fingerprint density at radius 2 is 1.74 bits per heavy atom. The molecule has 1 atom stereocenters. The molecule has 180 valence electrons. The number of nitrogens with zero attached hydrogens (tertiary/aromatic N) is 2. The van der Waals surface area contributed by atoms with E-state index in [4.69, 9.17) is 4.74 Å². The van der Waals surface area contributed by atoms with Crippen molar-refractivity contribution in [2.45, 2.75) is 43.5 Å². The van der Waals surface area contributed by atoms with Gasteiger partial charge >= 0.3 is 5.97 Å². The van der Waals surface area contributed by atoms with Gasteiger partial charge in [-0.05, 0) is 48.7 Å². The third kappa shape index (κ3) is 4.43. The van der Waals surface area contributed by atoms with Gasteiger partial charge in [0.05, 0.1) is 23.3 Å². The SMILES string of the molecule is COC(=O)c1ccccc1NC(=O)C1Cc2cc(S(=O)(=O)N3CCCCC3)ccc2N1C(C)=O. The van der Waals surface area contributed by atoms with Crippen LogP contribution in [-0.4, -0.2) is 56.7 Å². The Hall–Kier alpha value is -3.24. The predicted octanol–water partition coefficient (Wildman–Crippen LogP) is 2.56. The molecule has 34 heavy (non-hydrogen) atoms. The molecule has 2 heterocycles. The lowest BCUT2D eigenvalue weighted by atomic mass is 10.1. The van der Waals surface area contributed by atoms with Crippen molar-refractivity contribution in [2.75, 3.05) is 30.4 Å². The summed E-state index contributed by atoms with van der Waals surface area (Å²) < 4.78 is 32.5. The van der Waals surface area contributed by atoms with E-state index in [1.807, 2.05) is 0 Å². The second kappa shape index (κ2) is 9.55. The first-order chi connectivity index (χ1) is 16.2. The highest BCUT2D eigenvalue weighted by Crippen LogP contribution is 2.35. The van der Waals surface area contributed by atoms with Crippen molar-refractivity contribution in [3.63, 3.8) is 0 Å². The van der Waals surface area contributed by atoms with Crippen LogP contribution in [0, 0.1) is 0 Å². The van der Waals surface area contributed by atoms with Crippen LogP contribution in [0.2, 0.25) is 0 Å². The number of piperidine rings is 1. The van der Waals surface area contributed by atoms with Crippen LogP contribution in [-0.2, 0) is 30.8 Å². The van der Waals surface area contributed by atoms with Crippen LogP contribution >= 0.6 is 0 Å². The van der Waals surface area contributed by atoms with Crippen molar-refractivity contribution in [1.82, 2.24) is 4.31 Å². The van der Waals surface area contributed by atoms with E-state index in [1.165, 1.54) is 35.4 Å². The number of carbonyl (C=O) groups excluding carboxylic acids is 3. The molecular formula is C24H27N3O6S. The molecule has 2 aliphatic heterocycles. The van der Waals surface area contributed by atoms with Crippen molar-refractivity contribution >= 4 is 39.2 Å². The monoisotopic (exact) mass is 485 g/mol. The number of rotatable bonds is 5. The molecule has 2 aliphatic rings. The summed E-state index contributed by atoms with van der Waals surface area (Å²) >= 11 is 0. The molecule has 0 aromatic heterocycles. The number of ether oxygens (including phenoxy) is 1. The molecule has 10 heteroatoms. The van der Waals surface area contributed by atoms with Gasteiger partial charge in [-0.2, -0.15) is 4.31 Å². The zero-order valence-electron chi connectivity index (χ0n) is 19.1. The number of nitrogens with one attached hydrogen (secondary N) is 1. The van der Waals surface area contributed by atoms with Gasteiger partial charge in [0.25, 0.3) is 0 Å². The molecular weight excluding hydrogens is 458 g/mol. The molecule has 1 fully saturated rings. The molecule has 2 aromatic rings. The fourth-order valence-corrected chi connectivity index (χ4v) is 6.11. The highest BCUT2D eigenvalue weighted by atomic mass is 32.2. The van der Waals surface area contributed by atoms with Gasteiger partial charge in [0, 0.05) is 32.1 Å². The quantitative estimate of drug-likeness (QED) is 0.652. The maximum atomic E-state index is 13.2. The molecule has 2 amide bonds. The molecule has 1 unspecified atom stereocenters. The fraction of sp³-hybridized carbons (Fsp3) is 0.375. The van der Waals surface area contributed by atoms with E-state index in [2.05, 4.69) is 5.32 Å². The van der Waals surface area contributed by atoms with E-state index in [1.54, 1.807) is 30.3 Å². The van der Waals surface area contributed by atoms with Crippen LogP contribution in [0.4, 0.5) is 11.4 Å². The summed E-state index contributed by atoms with van der Waals surface area (Å²) in [6, 6.07) is 10.2. The van der Waals surface area contributed by atoms with E-state index in [0.29, 0.717) is 24.3 Å². The molecule has 0 saturated carbocycles. The Bertz CT molecular complexity index is 1240. The highest BCUT2D eigenvalue weighted by Gasteiger charge is 2.38. The van der Waals surface area contributed by atoms with Crippen LogP contribution in [0.25, 0.3) is 0 Å². The van der Waals surface area contributed by atoms with E-state index in [0.717, 1.165) is 19.3 Å². The van der Waals surface area contributed by atoms with E-state index >= 15 is 0 Å². The number of sulfonamides is 1. The second-order valence-electron chi connectivity index (χ2n) is 8.39. The molecule has 2 aromatic carbocycles. The minimum atomic E-state index is -3.65. The lowest BCUT2D eigenvalue weighted by Crippen LogP contribution is -2.44. The fourth-order valence-electron chi connectivity index (χ4n) is 4.54. The van der Waals surface area contributed by atoms with Gasteiger partial charge < -0.3 is 10.1 Å². The normalized spacial score (nSPS) is 18.3. The standard InChI is InChI=1S/C24H27N3O6S/c1-16(28)27-21-11-10-18(34(31,32)26-12-6-3-7-13-26)14-17(21)15-22(27)23(29)25-20-9-5-4-8-19(20)24(30)33-2/h4-5,8-11,14,22H,3,6-7,12-13,15H2,1-2H3,(H,25,29). The number of para-hydroxylation sites is 1. The molecule has 0 aliphatic carbocycles. The van der Waals surface area contributed by atoms with Gasteiger partial charge in [0.15, 0.2) is 0 Å². The van der Waals surface area contributed by atoms with Gasteiger partial charge in [-0.15, -0.1) is 0 Å². The summed E-state index contributed by atoms with van der Waals surface area (Å²) in [5.41, 5.74) is 1.58. The first-order valence-corrected chi connectivity index (χ1v) is 12.6. The van der Waals surface area contributed by atoms with Crippen molar-refractivity contribution < 1.29 is 27.5 Å². The third-order valence-electron chi connectivity index (χ3n) is 6.22. The van der Waals surface area contributed by atoms with Crippen LogP contribution in [0.1, 0.15) is 42.1 Å². The molecule has 9 nitrogen and oxygen atoms in total. The number of anilines is 2. The largest absolute Gasteiger partial charge is 0.465 e. The van der Waals surface area contributed by atoms with Crippen molar-refractivity contribution in [3.05, 3.63) is 53.6 Å². The minimum Gasteiger partial charge on any atom is -0.465 e. The lowest BCUT2D eigenvalue weighted by Gasteiger charge is -2.26. The van der Waals surface area contributed by atoms with Gasteiger partial charge in [-0.25, -0.2) is 13.2 Å². The zero-order chi connectivity index (χ0) is 24.5. The third-order valence-corrected chi connectivity index (χ3v) is 8.12. The van der Waals surface area contributed by atoms with E-state index in [-0.39, 0.29) is 28.5 Å². The summed E-state index contributed by atoms with van der Waals surface area (Å²) in [6.45, 7) is 2.34. The first-order valence-electron chi connectivity index (χ1n) is 11.1. The van der Waals surface area contributed by atoms with Crippen LogP contribution in [0.5, 0.6) is 0 Å². The Labute approximate surface area is 198 Å². The smallest absolute Gasteiger partial charge is 0.339 e. The van der Waals surface area contributed by atoms with Crippen LogP contribution in [0.3, 0.4) is 0 Å². The van der Waals surface area contributed by atoms with Gasteiger partial charge in [-0.3, -0.25) is 14.5 Å². The Balaban J connectivity index is 1.62. The average Bonchev–Trinajstić information content (AvgIpc) is 3.24. The lowest BCUT2D eigenvalue weighted by molar-refractivity contribution is -0.122. The van der Waals surface area contributed by atoms with Crippen molar-refractivity contribution in [3.8, 4) is 0 Å². The predicted molar refractivity (Wildman–Crippen MR) is 126 cm³/mol. The highest BCUT2D eigenvalue weighted by molar-refractivity contribution is 7.89. The summed E-state index contributed by atoms with van der Waals surface area (Å²) in [7, 11) is -2.40. The summed E-state index contributed by atoms with van der Waals surface area (Å²) in [6.07, 6.45) is 2.83. The van der Waals surface area contributed by atoms with E-state index < -0.39 is 27.9 Å². The first kappa shape index (κ1) is 23.9. The molecule has 4 rings (SSSR count).